The lowest BCUT2D eigenvalue weighted by Crippen LogP contribution is -2.04. The summed E-state index contributed by atoms with van der Waals surface area (Å²) >= 11 is 5.90. The number of halogens is 2. The Hall–Kier alpha value is -2.21. The third-order valence-corrected chi connectivity index (χ3v) is 2.84. The van der Waals surface area contributed by atoms with Crippen molar-refractivity contribution >= 4 is 28.6 Å². The van der Waals surface area contributed by atoms with Gasteiger partial charge in [0.05, 0.1) is 6.33 Å². The van der Waals surface area contributed by atoms with Crippen molar-refractivity contribution in [1.29, 1.82) is 0 Å². The van der Waals surface area contributed by atoms with E-state index in [4.69, 9.17) is 11.6 Å². The SMILES string of the molecule is Fc1nc(NCc2cccc(Cl)c2)c2[nH]cnc2n1. The lowest BCUT2D eigenvalue weighted by molar-refractivity contribution is 0.545. The number of hydrogen-bond donors (Lipinski definition) is 2. The number of H-pyrrole nitrogens is 1. The van der Waals surface area contributed by atoms with Gasteiger partial charge < -0.3 is 10.3 Å². The van der Waals surface area contributed by atoms with Crippen LogP contribution in [-0.4, -0.2) is 19.9 Å². The molecule has 7 heteroatoms. The number of rotatable bonds is 3. The molecule has 19 heavy (non-hydrogen) atoms. The van der Waals surface area contributed by atoms with Crippen molar-refractivity contribution in [3.63, 3.8) is 0 Å². The first-order valence-corrected chi connectivity index (χ1v) is 5.95. The molecule has 0 aliphatic heterocycles. The Morgan fingerprint density at radius 2 is 2.21 bits per heavy atom. The van der Waals surface area contributed by atoms with Crippen molar-refractivity contribution < 1.29 is 4.39 Å². The summed E-state index contributed by atoms with van der Waals surface area (Å²) in [5.41, 5.74) is 1.84. The van der Waals surface area contributed by atoms with Gasteiger partial charge in [-0.1, -0.05) is 23.7 Å². The first kappa shape index (κ1) is 11.9. The first-order valence-electron chi connectivity index (χ1n) is 5.57. The Morgan fingerprint density at radius 3 is 3.05 bits per heavy atom. The number of imidazole rings is 1. The summed E-state index contributed by atoms with van der Waals surface area (Å²) in [5, 5.41) is 3.69. The Labute approximate surface area is 112 Å². The van der Waals surface area contributed by atoms with Gasteiger partial charge in [0.25, 0.3) is 0 Å². The third kappa shape index (κ3) is 2.48. The minimum atomic E-state index is -0.812. The number of nitrogens with one attached hydrogen (secondary N) is 2. The predicted octanol–water partition coefficient (Wildman–Crippen LogP) is 2.76. The van der Waals surface area contributed by atoms with Crippen molar-refractivity contribution in [1.82, 2.24) is 19.9 Å². The van der Waals surface area contributed by atoms with Gasteiger partial charge in [-0.25, -0.2) is 4.98 Å². The molecule has 0 spiro atoms. The van der Waals surface area contributed by atoms with Gasteiger partial charge in [-0.15, -0.1) is 0 Å². The average Bonchev–Trinajstić information content (AvgIpc) is 2.84. The molecular formula is C12H9ClFN5. The Bertz CT molecular complexity index is 727. The molecule has 0 radical (unpaired) electrons. The van der Waals surface area contributed by atoms with Crippen LogP contribution in [0.25, 0.3) is 11.2 Å². The molecule has 0 amide bonds. The number of fused-ring (bicyclic) bond motifs is 1. The molecular weight excluding hydrogens is 269 g/mol. The monoisotopic (exact) mass is 277 g/mol. The van der Waals surface area contributed by atoms with E-state index in [1.54, 1.807) is 6.07 Å². The smallest absolute Gasteiger partial charge is 0.312 e. The molecule has 0 fully saturated rings. The maximum atomic E-state index is 13.2. The highest BCUT2D eigenvalue weighted by atomic mass is 35.5. The molecule has 0 unspecified atom stereocenters. The van der Waals surface area contributed by atoms with Crippen LogP contribution < -0.4 is 5.32 Å². The fourth-order valence-corrected chi connectivity index (χ4v) is 1.98. The summed E-state index contributed by atoms with van der Waals surface area (Å²) in [6.45, 7) is 0.477. The fourth-order valence-electron chi connectivity index (χ4n) is 1.77. The van der Waals surface area contributed by atoms with Crippen LogP contribution in [0.15, 0.2) is 30.6 Å². The van der Waals surface area contributed by atoms with E-state index in [2.05, 4.69) is 25.3 Å². The molecule has 1 aromatic carbocycles. The van der Waals surface area contributed by atoms with E-state index in [0.717, 1.165) is 5.56 Å². The number of hydrogen-bond acceptors (Lipinski definition) is 4. The molecule has 0 saturated heterocycles. The summed E-state index contributed by atoms with van der Waals surface area (Å²) in [4.78, 5) is 14.1. The molecule has 2 heterocycles. The van der Waals surface area contributed by atoms with Crippen LogP contribution >= 0.6 is 11.6 Å². The maximum absolute atomic E-state index is 13.2. The summed E-state index contributed by atoms with van der Waals surface area (Å²) in [6.07, 6.45) is 0.636. The molecule has 2 aromatic heterocycles. The topological polar surface area (TPSA) is 66.5 Å². The highest BCUT2D eigenvalue weighted by molar-refractivity contribution is 6.30. The van der Waals surface area contributed by atoms with E-state index in [-0.39, 0.29) is 0 Å². The number of benzene rings is 1. The van der Waals surface area contributed by atoms with Crippen molar-refractivity contribution in [2.24, 2.45) is 0 Å². The molecule has 0 aliphatic rings. The molecule has 3 rings (SSSR count). The van der Waals surface area contributed by atoms with E-state index >= 15 is 0 Å². The standard InChI is InChI=1S/C12H9ClFN5/c13-8-3-1-2-7(4-8)5-15-10-9-11(17-6-16-9)19-12(14)18-10/h1-4,6H,5H2,(H2,15,16,17,18,19). The van der Waals surface area contributed by atoms with Crippen molar-refractivity contribution in [2.45, 2.75) is 6.54 Å². The zero-order chi connectivity index (χ0) is 13.2. The normalized spacial score (nSPS) is 10.8. The lowest BCUT2D eigenvalue weighted by atomic mass is 10.2. The second kappa shape index (κ2) is 4.81. The summed E-state index contributed by atoms with van der Waals surface area (Å²) in [6, 6.07) is 7.39. The van der Waals surface area contributed by atoms with E-state index in [1.807, 2.05) is 18.2 Å². The van der Waals surface area contributed by atoms with Gasteiger partial charge in [-0.2, -0.15) is 14.4 Å². The number of aromatic amines is 1. The van der Waals surface area contributed by atoms with Crippen LogP contribution in [0.2, 0.25) is 5.02 Å². The lowest BCUT2D eigenvalue weighted by Gasteiger charge is -2.06. The van der Waals surface area contributed by atoms with E-state index in [1.165, 1.54) is 6.33 Å². The van der Waals surface area contributed by atoms with Gasteiger partial charge in [0.15, 0.2) is 11.5 Å². The second-order valence-electron chi connectivity index (χ2n) is 3.93. The number of aromatic nitrogens is 4. The van der Waals surface area contributed by atoms with Gasteiger partial charge in [0.2, 0.25) is 0 Å². The molecule has 96 valence electrons. The first-order chi connectivity index (χ1) is 9.22. The summed E-state index contributed by atoms with van der Waals surface area (Å²) in [5.74, 6) is 0.375. The number of anilines is 1. The van der Waals surface area contributed by atoms with Gasteiger partial charge in [-0.05, 0) is 17.7 Å². The molecule has 3 aromatic rings. The summed E-state index contributed by atoms with van der Waals surface area (Å²) in [7, 11) is 0. The van der Waals surface area contributed by atoms with Crippen LogP contribution in [0.4, 0.5) is 10.2 Å². The predicted molar refractivity (Wildman–Crippen MR) is 70.4 cm³/mol. The van der Waals surface area contributed by atoms with Gasteiger partial charge in [-0.3, -0.25) is 0 Å². The second-order valence-corrected chi connectivity index (χ2v) is 4.36. The highest BCUT2D eigenvalue weighted by Gasteiger charge is 2.09. The van der Waals surface area contributed by atoms with Crippen LogP contribution in [0, 0.1) is 6.08 Å². The van der Waals surface area contributed by atoms with E-state index in [0.29, 0.717) is 28.5 Å². The van der Waals surface area contributed by atoms with E-state index < -0.39 is 6.08 Å². The van der Waals surface area contributed by atoms with Crippen molar-refractivity contribution in [3.8, 4) is 0 Å². The minimum Gasteiger partial charge on any atom is -0.364 e. The molecule has 2 N–H and O–H groups in total. The average molecular weight is 278 g/mol. The Balaban J connectivity index is 1.87. The molecule has 0 bridgehead atoms. The van der Waals surface area contributed by atoms with E-state index in [9.17, 15) is 4.39 Å². The maximum Gasteiger partial charge on any atom is 0.312 e. The number of nitrogens with zero attached hydrogens (tertiary/aromatic N) is 3. The van der Waals surface area contributed by atoms with Gasteiger partial charge in [0.1, 0.15) is 5.52 Å². The zero-order valence-corrected chi connectivity index (χ0v) is 10.4. The molecule has 0 atom stereocenters. The quantitative estimate of drug-likeness (QED) is 0.723. The largest absolute Gasteiger partial charge is 0.364 e. The summed E-state index contributed by atoms with van der Waals surface area (Å²) < 4.78 is 13.2. The minimum absolute atomic E-state index is 0.293. The Kier molecular flexibility index (Phi) is 3.00. The zero-order valence-electron chi connectivity index (χ0n) is 9.69. The third-order valence-electron chi connectivity index (χ3n) is 2.61. The van der Waals surface area contributed by atoms with Crippen LogP contribution in [0.5, 0.6) is 0 Å². The highest BCUT2D eigenvalue weighted by Crippen LogP contribution is 2.17. The Morgan fingerprint density at radius 1 is 1.32 bits per heavy atom. The van der Waals surface area contributed by atoms with Crippen LogP contribution in [0.3, 0.4) is 0 Å². The van der Waals surface area contributed by atoms with Crippen molar-refractivity contribution in [2.75, 3.05) is 5.32 Å². The molecule has 0 aliphatic carbocycles. The molecule has 0 saturated carbocycles. The van der Waals surface area contributed by atoms with Gasteiger partial charge >= 0.3 is 6.08 Å². The van der Waals surface area contributed by atoms with Crippen molar-refractivity contribution in [3.05, 3.63) is 47.3 Å². The van der Waals surface area contributed by atoms with Crippen LogP contribution in [0.1, 0.15) is 5.56 Å². The van der Waals surface area contributed by atoms with Crippen LogP contribution in [-0.2, 0) is 6.54 Å². The fraction of sp³-hybridized carbons (Fsp3) is 0.0833. The van der Waals surface area contributed by atoms with Gasteiger partial charge in [0, 0.05) is 11.6 Å². The molecule has 5 nitrogen and oxygen atoms in total.